The molecule has 0 aromatic heterocycles. The summed E-state index contributed by atoms with van der Waals surface area (Å²) in [6.45, 7) is 1.99. The Balaban J connectivity index is -0.0000000344. The molecule has 0 amide bonds. The Labute approximate surface area is 138 Å². The van der Waals surface area contributed by atoms with Crippen molar-refractivity contribution in [2.24, 2.45) is 0 Å². The zero-order valence-electron chi connectivity index (χ0n) is 12.5. The number of methoxy groups -OCH3 is 1. The molecule has 0 bridgehead atoms. The molecule has 0 saturated heterocycles. The van der Waals surface area contributed by atoms with Crippen molar-refractivity contribution in [2.75, 3.05) is 61.7 Å². The fourth-order valence-corrected chi connectivity index (χ4v) is 0.545. The van der Waals surface area contributed by atoms with Crippen LogP contribution in [0.1, 0.15) is 0 Å². The Kier molecular flexibility index (Phi) is 69.3. The van der Waals surface area contributed by atoms with Gasteiger partial charge in [0.2, 0.25) is 0 Å². The maximum Gasteiger partial charge on any atom is 0.100 e. The summed E-state index contributed by atoms with van der Waals surface area (Å²) in [6.07, 6.45) is -0.718. The number of hydrogen-bond acceptors (Lipinski definition) is 5. The molecule has 0 aliphatic rings. The van der Waals surface area contributed by atoms with E-state index < -0.39 is 6.10 Å². The monoisotopic (exact) mass is 796 g/mol. The van der Waals surface area contributed by atoms with Crippen molar-refractivity contribution in [2.45, 2.75) is 6.10 Å². The van der Waals surface area contributed by atoms with Gasteiger partial charge in [0, 0.05) is 54.1 Å². The van der Waals surface area contributed by atoms with Gasteiger partial charge in [0.25, 0.3) is 0 Å². The summed E-state index contributed by atoms with van der Waals surface area (Å²) in [5.74, 6) is 0. The molecular formula is C10H27N2O4ReRfRh-. The minimum absolute atomic E-state index is 0. The van der Waals surface area contributed by atoms with Gasteiger partial charge in [0.05, 0.1) is 13.2 Å². The zero-order chi connectivity index (χ0) is 13.4. The average Bonchev–Trinajstić information content (AvgIpc) is 2.30. The molecule has 3 N–H and O–H groups in total. The van der Waals surface area contributed by atoms with Gasteiger partial charge in [-0.25, -0.2) is 0 Å². The normalized spacial score (nSPS) is 9.32. The van der Waals surface area contributed by atoms with Gasteiger partial charge in [0.1, 0.15) is 6.10 Å². The van der Waals surface area contributed by atoms with Crippen molar-refractivity contribution in [1.29, 1.82) is 0 Å². The van der Waals surface area contributed by atoms with Gasteiger partial charge in [-0.05, 0) is 20.6 Å². The second kappa shape index (κ2) is 36.1. The van der Waals surface area contributed by atoms with E-state index in [1.807, 2.05) is 21.1 Å². The first-order valence-electron chi connectivity index (χ1n) is 5.01. The molecule has 9 heteroatoms. The molecule has 0 fully saturated rings. The van der Waals surface area contributed by atoms with Crippen molar-refractivity contribution >= 4 is 0 Å². The molecule has 0 aliphatic heterocycles. The number of aliphatic hydroxyl groups is 3. The second-order valence-electron chi connectivity index (χ2n) is 3.13. The van der Waals surface area contributed by atoms with Crippen molar-refractivity contribution < 1.29 is 60.0 Å². The van der Waals surface area contributed by atoms with E-state index in [1.165, 1.54) is 7.11 Å². The van der Waals surface area contributed by atoms with Crippen LogP contribution in [-0.4, -0.2) is 88.0 Å². The van der Waals surface area contributed by atoms with Crippen LogP contribution in [0.15, 0.2) is 0 Å². The van der Waals surface area contributed by atoms with Gasteiger partial charge < -0.3 is 30.3 Å². The summed E-state index contributed by atoms with van der Waals surface area (Å²) >= 11 is 0. The van der Waals surface area contributed by atoms with E-state index >= 15 is 0 Å². The van der Waals surface area contributed by atoms with Gasteiger partial charge in [0.15, 0.2) is 0 Å². The van der Waals surface area contributed by atoms with E-state index in [9.17, 15) is 0 Å². The van der Waals surface area contributed by atoms with Crippen LogP contribution in [-0.2, 0) is 44.6 Å². The van der Waals surface area contributed by atoms with Gasteiger partial charge in [-0.2, -0.15) is 7.05 Å². The molecule has 0 rings (SSSR count). The topological polar surface area (TPSA) is 87.3 Å². The minimum Gasteiger partial charge on any atom is -0.664 e. The van der Waals surface area contributed by atoms with Crippen LogP contribution in [0, 0.1) is 0 Å². The van der Waals surface area contributed by atoms with Crippen LogP contribution >= 0.6 is 0 Å². The van der Waals surface area contributed by atoms with Gasteiger partial charge in [-0.1, -0.05) is 0 Å². The van der Waals surface area contributed by atoms with Crippen molar-refractivity contribution in [1.82, 2.24) is 4.90 Å². The van der Waals surface area contributed by atoms with E-state index in [-0.39, 0.29) is 53.1 Å². The zero-order valence-corrected chi connectivity index (χ0v) is 23.2. The van der Waals surface area contributed by atoms with Crippen LogP contribution in [0.3, 0.4) is 0 Å². The molecule has 0 aromatic rings. The molecule has 1 atom stereocenters. The number of rotatable bonds is 6. The standard InChI is InChI=1S/C5H13N2.C4H10O3.CH4O.Re.Rf.Rh/c1-6-4-5-7(2)3;1-7-3-4(6)2-5;1-2;;;/h4-5H2,1-3H3;4-6H,2-3H2,1H3;2H,1H3;;;/q-1;;;;;. The molecule has 1 unspecified atom stereocenters. The molecule has 0 heterocycles. The van der Waals surface area contributed by atoms with Gasteiger partial charge in [-0.3, -0.25) is 0 Å². The molecule has 0 saturated carbocycles. The van der Waals surface area contributed by atoms with Crippen LogP contribution in [0.25, 0.3) is 5.32 Å². The largest absolute Gasteiger partial charge is 0.664 e. The average molecular weight is 795 g/mol. The number of likely N-dealkylation sites (N-methyl/N-ethyl adjacent to an activating group) is 2. The van der Waals surface area contributed by atoms with Crippen LogP contribution < -0.4 is 0 Å². The number of hydrogen-bond donors (Lipinski definition) is 3. The van der Waals surface area contributed by atoms with E-state index in [2.05, 4.69) is 15.0 Å². The Hall–Kier alpha value is 0.0457. The second-order valence-corrected chi connectivity index (χ2v) is 3.13. The molecule has 6 nitrogen and oxygen atoms in total. The smallest absolute Gasteiger partial charge is 0.100 e. The molecule has 2 radical (unpaired) electrons. The third kappa shape index (κ3) is 56.8. The summed E-state index contributed by atoms with van der Waals surface area (Å²) < 4.78 is 4.48. The summed E-state index contributed by atoms with van der Waals surface area (Å²) in [5, 5.41) is 27.6. The SMILES string of the molecule is CO.COCC(O)CO.C[N-]CCN(C)C.[Re].[Rf].[Rh]. The maximum atomic E-state index is 8.48. The predicted molar refractivity (Wildman–Crippen MR) is 65.8 cm³/mol. The number of ether oxygens (including phenoxy) is 1. The van der Waals surface area contributed by atoms with E-state index in [0.717, 1.165) is 20.2 Å². The Bertz CT molecular complexity index is 122. The molecule has 0 aliphatic carbocycles. The van der Waals surface area contributed by atoms with Crippen molar-refractivity contribution in [3.63, 3.8) is 0 Å². The first-order valence-corrected chi connectivity index (χ1v) is 5.01. The third-order valence-corrected chi connectivity index (χ3v) is 1.34. The summed E-state index contributed by atoms with van der Waals surface area (Å²) in [6, 6.07) is 0. The third-order valence-electron chi connectivity index (χ3n) is 1.34. The van der Waals surface area contributed by atoms with Gasteiger partial charge in [-0.15, -0.1) is 6.54 Å². The summed E-state index contributed by atoms with van der Waals surface area (Å²) in [4.78, 5) is 2.12. The fourth-order valence-electron chi connectivity index (χ4n) is 0.545. The molecule has 0 aromatic carbocycles. The number of aliphatic hydroxyl groups excluding tert-OH is 3. The Morgan fingerprint density at radius 2 is 1.68 bits per heavy atom. The maximum absolute atomic E-state index is 8.48. The Morgan fingerprint density at radius 1 is 1.26 bits per heavy atom. The molecule has 19 heavy (non-hydrogen) atoms. The fraction of sp³-hybridized carbons (Fsp3) is 1.00. The van der Waals surface area contributed by atoms with Crippen LogP contribution in [0.4, 0.5) is 0 Å². The summed E-state index contributed by atoms with van der Waals surface area (Å²) in [7, 11) is 8.40. The quantitative estimate of drug-likeness (QED) is 0.305. The van der Waals surface area contributed by atoms with Gasteiger partial charge >= 0.3 is 0 Å². The first kappa shape index (κ1) is 36.4. The molecule has 120 valence electrons. The van der Waals surface area contributed by atoms with Crippen LogP contribution in [0.5, 0.6) is 0 Å². The predicted octanol–water partition coefficient (Wildman–Crippen LogP) is -0.859. The summed E-state index contributed by atoms with van der Waals surface area (Å²) in [5.41, 5.74) is 0. The minimum atomic E-state index is -0.718. The van der Waals surface area contributed by atoms with Crippen molar-refractivity contribution in [3.05, 3.63) is 5.32 Å². The first-order chi connectivity index (χ1) is 7.58. The van der Waals surface area contributed by atoms with E-state index in [4.69, 9.17) is 15.3 Å². The van der Waals surface area contributed by atoms with Crippen LogP contribution in [0.2, 0.25) is 0 Å². The van der Waals surface area contributed by atoms with E-state index in [1.54, 1.807) is 0 Å². The number of nitrogens with zero attached hydrogens (tertiary/aromatic N) is 2. The molecular weight excluding hydrogens is 768 g/mol. The van der Waals surface area contributed by atoms with E-state index in [0.29, 0.717) is 0 Å². The van der Waals surface area contributed by atoms with Crippen molar-refractivity contribution in [3.8, 4) is 0 Å². The molecule has 0 spiro atoms. The Morgan fingerprint density at radius 3 is 1.79 bits per heavy atom.